The summed E-state index contributed by atoms with van der Waals surface area (Å²) >= 11 is 5.26. The molecule has 12 heteroatoms. The van der Waals surface area contributed by atoms with Crippen molar-refractivity contribution in [3.05, 3.63) is 24.2 Å². The molecule has 174 valence electrons. The van der Waals surface area contributed by atoms with Crippen molar-refractivity contribution in [2.75, 3.05) is 11.9 Å². The number of thiocarbonyl (C=S) groups is 1. The summed E-state index contributed by atoms with van der Waals surface area (Å²) in [4.78, 5) is 44.6. The lowest BCUT2D eigenvalue weighted by molar-refractivity contribution is -0.184. The number of aromatic nitrogens is 3. The summed E-state index contributed by atoms with van der Waals surface area (Å²) in [5, 5.41) is 3.74. The molecule has 0 radical (unpaired) electrons. The maximum atomic E-state index is 12.1. The van der Waals surface area contributed by atoms with Crippen LogP contribution in [0, 0.1) is 0 Å². The van der Waals surface area contributed by atoms with Crippen molar-refractivity contribution in [3.63, 3.8) is 0 Å². The zero-order valence-electron chi connectivity index (χ0n) is 18.4. The second kappa shape index (κ2) is 8.52. The summed E-state index contributed by atoms with van der Waals surface area (Å²) in [6, 6.07) is 0. The zero-order valence-corrected chi connectivity index (χ0v) is 19.2. The molecule has 2 aromatic rings. The number of nitrogens with one attached hydrogen (secondary N) is 1. The highest BCUT2D eigenvalue weighted by Crippen LogP contribution is 2.45. The third-order valence-corrected chi connectivity index (χ3v) is 5.59. The Morgan fingerprint density at radius 3 is 2.61 bits per heavy atom. The van der Waals surface area contributed by atoms with Gasteiger partial charge in [-0.1, -0.05) is 12.2 Å². The first-order valence-corrected chi connectivity index (χ1v) is 10.5. The number of anilines is 1. The normalized spacial score (nSPS) is 25.9. The van der Waals surface area contributed by atoms with Gasteiger partial charge in [-0.3, -0.25) is 14.4 Å². The standard InChI is InChI=1S/C21H22N4O7S/c1-10(26)29-8-14-17(30-11(2)27)21(4,32-12(3)28)20(31-14)25-7-13-5-6-15(33)24-18-16(13)19(25)23-9-22-18/h5-7,9,14,17,20H,8H2,1-4H3,(H,22,23,24,33)/t14-,17-,20-,21-/m1/s1. The molecule has 1 fully saturated rings. The molecule has 1 N–H and O–H groups in total. The molecular weight excluding hydrogens is 452 g/mol. The van der Waals surface area contributed by atoms with E-state index in [1.54, 1.807) is 23.8 Å². The van der Waals surface area contributed by atoms with Gasteiger partial charge in [0.25, 0.3) is 0 Å². The van der Waals surface area contributed by atoms with Crippen LogP contribution in [0.4, 0.5) is 5.82 Å². The largest absolute Gasteiger partial charge is 0.463 e. The van der Waals surface area contributed by atoms with Gasteiger partial charge in [-0.2, -0.15) is 0 Å². The van der Waals surface area contributed by atoms with Crippen LogP contribution in [0.25, 0.3) is 17.1 Å². The molecule has 0 unspecified atom stereocenters. The molecule has 11 nitrogen and oxygen atoms in total. The Morgan fingerprint density at radius 1 is 1.18 bits per heavy atom. The van der Waals surface area contributed by atoms with Gasteiger partial charge in [-0.15, -0.1) is 0 Å². The maximum Gasteiger partial charge on any atom is 0.303 e. The van der Waals surface area contributed by atoms with Crippen LogP contribution in [-0.2, 0) is 33.3 Å². The Hall–Kier alpha value is -3.38. The number of esters is 3. The average Bonchev–Trinajstić information content (AvgIpc) is 3.14. The fourth-order valence-corrected chi connectivity index (χ4v) is 4.34. The second-order valence-corrected chi connectivity index (χ2v) is 8.31. The Labute approximate surface area is 194 Å². The Kier molecular flexibility index (Phi) is 5.89. The van der Waals surface area contributed by atoms with Gasteiger partial charge in [0, 0.05) is 32.5 Å². The average molecular weight is 474 g/mol. The smallest absolute Gasteiger partial charge is 0.303 e. The van der Waals surface area contributed by atoms with Crippen LogP contribution >= 0.6 is 12.2 Å². The fourth-order valence-electron chi connectivity index (χ4n) is 4.18. The Morgan fingerprint density at radius 2 is 1.94 bits per heavy atom. The van der Waals surface area contributed by atoms with E-state index < -0.39 is 41.9 Å². The molecule has 4 atom stereocenters. The highest BCUT2D eigenvalue weighted by molar-refractivity contribution is 7.81. The second-order valence-electron chi connectivity index (χ2n) is 7.87. The Balaban J connectivity index is 1.86. The molecule has 0 bridgehead atoms. The SMILES string of the molecule is CC(=O)OC[C@H]1O[C@@H](n2cc3c4c(ncnc42)NC(=S)C=C3)[C@](C)(OC(C)=O)[C@@H]1OC(C)=O. The van der Waals surface area contributed by atoms with Crippen molar-refractivity contribution >= 4 is 58.0 Å². The van der Waals surface area contributed by atoms with E-state index in [9.17, 15) is 14.4 Å². The van der Waals surface area contributed by atoms with E-state index in [1.807, 2.05) is 6.08 Å². The molecule has 2 aromatic heterocycles. The molecule has 4 heterocycles. The summed E-state index contributed by atoms with van der Waals surface area (Å²) in [6.45, 7) is 5.13. The summed E-state index contributed by atoms with van der Waals surface area (Å²) in [7, 11) is 0. The number of ether oxygens (including phenoxy) is 4. The number of rotatable bonds is 5. The molecule has 0 spiro atoms. The molecule has 4 rings (SSSR count). The minimum absolute atomic E-state index is 0.206. The molecule has 0 saturated carbocycles. The van der Waals surface area contributed by atoms with E-state index in [-0.39, 0.29) is 6.61 Å². The van der Waals surface area contributed by atoms with Crippen LogP contribution < -0.4 is 5.32 Å². The minimum Gasteiger partial charge on any atom is -0.463 e. The van der Waals surface area contributed by atoms with Gasteiger partial charge in [-0.25, -0.2) is 9.97 Å². The molecule has 33 heavy (non-hydrogen) atoms. The lowest BCUT2D eigenvalue weighted by Gasteiger charge is -2.34. The number of carbonyl (C=O) groups excluding carboxylic acids is 3. The van der Waals surface area contributed by atoms with Crippen LogP contribution in [0.1, 0.15) is 39.5 Å². The van der Waals surface area contributed by atoms with Crippen LogP contribution in [0.5, 0.6) is 0 Å². The molecule has 2 aliphatic rings. The van der Waals surface area contributed by atoms with Crippen molar-refractivity contribution in [3.8, 4) is 0 Å². The van der Waals surface area contributed by atoms with E-state index in [2.05, 4.69) is 15.3 Å². The van der Waals surface area contributed by atoms with Gasteiger partial charge in [0.1, 0.15) is 35.5 Å². The molecule has 2 aliphatic heterocycles. The van der Waals surface area contributed by atoms with Crippen molar-refractivity contribution in [1.29, 1.82) is 0 Å². The Bertz CT molecular complexity index is 1190. The van der Waals surface area contributed by atoms with E-state index in [0.717, 1.165) is 5.56 Å². The van der Waals surface area contributed by atoms with Gasteiger partial charge in [0.15, 0.2) is 17.9 Å². The highest BCUT2D eigenvalue weighted by Gasteiger charge is 2.60. The minimum atomic E-state index is -1.47. The van der Waals surface area contributed by atoms with Gasteiger partial charge < -0.3 is 28.8 Å². The molecule has 0 aliphatic carbocycles. The molecule has 0 aromatic carbocycles. The van der Waals surface area contributed by atoms with Gasteiger partial charge in [-0.05, 0) is 19.1 Å². The number of hydrogen-bond donors (Lipinski definition) is 1. The van der Waals surface area contributed by atoms with Crippen molar-refractivity contribution < 1.29 is 33.3 Å². The van der Waals surface area contributed by atoms with Crippen molar-refractivity contribution in [2.24, 2.45) is 0 Å². The third kappa shape index (κ3) is 4.18. The zero-order chi connectivity index (χ0) is 23.9. The van der Waals surface area contributed by atoms with Crippen LogP contribution in [0.3, 0.4) is 0 Å². The summed E-state index contributed by atoms with van der Waals surface area (Å²) < 4.78 is 24.2. The predicted molar refractivity (Wildman–Crippen MR) is 119 cm³/mol. The first kappa shape index (κ1) is 22.8. The summed E-state index contributed by atoms with van der Waals surface area (Å²) in [5.41, 5.74) is -0.225. The monoisotopic (exact) mass is 474 g/mol. The molecular formula is C21H22N4O7S. The quantitative estimate of drug-likeness (QED) is 0.387. The predicted octanol–water partition coefficient (Wildman–Crippen LogP) is 1.91. The molecule has 1 saturated heterocycles. The third-order valence-electron chi connectivity index (χ3n) is 5.35. The fraction of sp³-hybridized carbons (Fsp3) is 0.429. The van der Waals surface area contributed by atoms with Gasteiger partial charge in [0.2, 0.25) is 0 Å². The van der Waals surface area contributed by atoms with E-state index >= 15 is 0 Å². The topological polar surface area (TPSA) is 131 Å². The maximum absolute atomic E-state index is 12.1. The van der Waals surface area contributed by atoms with Crippen LogP contribution in [0.15, 0.2) is 18.6 Å². The van der Waals surface area contributed by atoms with Crippen molar-refractivity contribution in [1.82, 2.24) is 14.5 Å². The molecule has 0 amide bonds. The van der Waals surface area contributed by atoms with E-state index in [1.165, 1.54) is 27.1 Å². The van der Waals surface area contributed by atoms with Crippen LogP contribution in [0.2, 0.25) is 0 Å². The summed E-state index contributed by atoms with van der Waals surface area (Å²) in [5.74, 6) is -1.22. The lowest BCUT2D eigenvalue weighted by Crippen LogP contribution is -2.50. The number of carbonyl (C=O) groups is 3. The number of hydrogen-bond acceptors (Lipinski definition) is 10. The van der Waals surface area contributed by atoms with Crippen LogP contribution in [-0.4, -0.2) is 61.8 Å². The number of nitrogens with zero attached hydrogens (tertiary/aromatic N) is 3. The summed E-state index contributed by atoms with van der Waals surface area (Å²) in [6.07, 6.45) is 3.75. The van der Waals surface area contributed by atoms with E-state index in [4.69, 9.17) is 31.2 Å². The van der Waals surface area contributed by atoms with E-state index in [0.29, 0.717) is 21.8 Å². The van der Waals surface area contributed by atoms with Crippen molar-refractivity contribution in [2.45, 2.75) is 51.7 Å². The first-order chi connectivity index (χ1) is 15.6. The lowest BCUT2D eigenvalue weighted by atomic mass is 9.95. The van der Waals surface area contributed by atoms with Gasteiger partial charge >= 0.3 is 17.9 Å². The highest BCUT2D eigenvalue weighted by atomic mass is 32.1. The van der Waals surface area contributed by atoms with Gasteiger partial charge in [0.05, 0.1) is 5.39 Å². The first-order valence-electron chi connectivity index (χ1n) is 10.1.